The molecule has 5 nitrogen and oxygen atoms in total. The van der Waals surface area contributed by atoms with Gasteiger partial charge in [0.25, 0.3) is 0 Å². The largest absolute Gasteiger partial charge is 0.378 e. The Kier molecular flexibility index (Phi) is 4.96. The molecule has 3 atom stereocenters. The number of aromatic nitrogens is 2. The molecule has 3 N–H and O–H groups in total. The molecule has 1 aromatic rings. The molecule has 1 aliphatic heterocycles. The number of nitrogens with zero attached hydrogens (tertiary/aromatic N) is 2. The summed E-state index contributed by atoms with van der Waals surface area (Å²) in [5, 5.41) is 4.50. The molecule has 1 aromatic heterocycles. The summed E-state index contributed by atoms with van der Waals surface area (Å²) in [6.45, 7) is 8.09. The van der Waals surface area contributed by atoms with Crippen LogP contribution in [0.25, 0.3) is 0 Å². The SMILES string of the molecule is CCC1OCCC1C(Cc1cc(C)nn1CC)NN. The van der Waals surface area contributed by atoms with E-state index in [0.717, 1.165) is 38.1 Å². The maximum atomic E-state index is 5.78. The van der Waals surface area contributed by atoms with Gasteiger partial charge in [0.1, 0.15) is 0 Å². The van der Waals surface area contributed by atoms with Crippen LogP contribution in [0.5, 0.6) is 0 Å². The van der Waals surface area contributed by atoms with Crippen molar-refractivity contribution >= 4 is 0 Å². The fourth-order valence-corrected chi connectivity index (χ4v) is 3.14. The Balaban J connectivity index is 2.10. The van der Waals surface area contributed by atoms with Crippen molar-refractivity contribution in [3.05, 3.63) is 17.5 Å². The van der Waals surface area contributed by atoms with Crippen LogP contribution in [0.1, 0.15) is 38.1 Å². The maximum Gasteiger partial charge on any atom is 0.0617 e. The molecule has 1 saturated heterocycles. The summed E-state index contributed by atoms with van der Waals surface area (Å²) in [6, 6.07) is 2.42. The van der Waals surface area contributed by atoms with E-state index in [4.69, 9.17) is 10.6 Å². The molecular weight excluding hydrogens is 240 g/mol. The predicted octanol–water partition coefficient (Wildman–Crippen LogP) is 1.40. The first-order valence-corrected chi connectivity index (χ1v) is 7.30. The van der Waals surface area contributed by atoms with Crippen molar-refractivity contribution < 1.29 is 4.74 Å². The Morgan fingerprint density at radius 2 is 2.37 bits per heavy atom. The van der Waals surface area contributed by atoms with Gasteiger partial charge in [0.2, 0.25) is 0 Å². The third kappa shape index (κ3) is 3.16. The van der Waals surface area contributed by atoms with Gasteiger partial charge in [-0.1, -0.05) is 6.92 Å². The fraction of sp³-hybridized carbons (Fsp3) is 0.786. The summed E-state index contributed by atoms with van der Waals surface area (Å²) in [7, 11) is 0. The van der Waals surface area contributed by atoms with Gasteiger partial charge in [0.15, 0.2) is 0 Å². The van der Waals surface area contributed by atoms with Gasteiger partial charge in [0.05, 0.1) is 11.8 Å². The lowest BCUT2D eigenvalue weighted by molar-refractivity contribution is 0.0772. The molecular formula is C14H26N4O. The second kappa shape index (κ2) is 6.50. The van der Waals surface area contributed by atoms with Crippen LogP contribution in [-0.2, 0) is 17.7 Å². The van der Waals surface area contributed by atoms with E-state index in [1.165, 1.54) is 5.69 Å². The summed E-state index contributed by atoms with van der Waals surface area (Å²) >= 11 is 0. The zero-order chi connectivity index (χ0) is 13.8. The van der Waals surface area contributed by atoms with Crippen molar-refractivity contribution in [1.82, 2.24) is 15.2 Å². The topological polar surface area (TPSA) is 65.1 Å². The predicted molar refractivity (Wildman–Crippen MR) is 75.6 cm³/mol. The lowest BCUT2D eigenvalue weighted by Crippen LogP contribution is -2.45. The third-order valence-corrected chi connectivity index (χ3v) is 4.11. The van der Waals surface area contributed by atoms with Crippen molar-refractivity contribution in [2.75, 3.05) is 6.61 Å². The van der Waals surface area contributed by atoms with Gasteiger partial charge in [-0.25, -0.2) is 0 Å². The number of hydrogen-bond acceptors (Lipinski definition) is 4. The van der Waals surface area contributed by atoms with Gasteiger partial charge in [-0.3, -0.25) is 16.0 Å². The minimum atomic E-state index is 0.258. The second-order valence-corrected chi connectivity index (χ2v) is 5.34. The van der Waals surface area contributed by atoms with Gasteiger partial charge in [0, 0.05) is 37.2 Å². The van der Waals surface area contributed by atoms with E-state index in [-0.39, 0.29) is 6.04 Å². The van der Waals surface area contributed by atoms with Gasteiger partial charge < -0.3 is 4.74 Å². The molecule has 5 heteroatoms. The standard InChI is InChI=1S/C14H26N4O/c1-4-14-12(6-7-19-14)13(16-15)9-11-8-10(3)17-18(11)5-2/h8,12-14,16H,4-7,9,15H2,1-3H3. The van der Waals surface area contributed by atoms with E-state index in [1.54, 1.807) is 0 Å². The van der Waals surface area contributed by atoms with E-state index < -0.39 is 0 Å². The molecule has 19 heavy (non-hydrogen) atoms. The van der Waals surface area contributed by atoms with Crippen molar-refractivity contribution in [2.24, 2.45) is 11.8 Å². The highest BCUT2D eigenvalue weighted by Crippen LogP contribution is 2.28. The summed E-state index contributed by atoms with van der Waals surface area (Å²) in [5.74, 6) is 6.28. The highest BCUT2D eigenvalue weighted by molar-refractivity contribution is 5.11. The first-order chi connectivity index (χ1) is 9.19. The van der Waals surface area contributed by atoms with Crippen LogP contribution >= 0.6 is 0 Å². The molecule has 0 bridgehead atoms. The van der Waals surface area contributed by atoms with E-state index in [0.29, 0.717) is 12.0 Å². The van der Waals surface area contributed by atoms with Crippen molar-refractivity contribution in [2.45, 2.75) is 58.7 Å². The lowest BCUT2D eigenvalue weighted by Gasteiger charge is -2.26. The normalized spacial score (nSPS) is 24.8. The molecule has 0 aliphatic carbocycles. The van der Waals surface area contributed by atoms with Gasteiger partial charge in [-0.2, -0.15) is 5.10 Å². The number of nitrogens with two attached hydrogens (primary N) is 1. The zero-order valence-electron chi connectivity index (χ0n) is 12.2. The summed E-state index contributed by atoms with van der Waals surface area (Å²) in [4.78, 5) is 0. The minimum Gasteiger partial charge on any atom is -0.378 e. The smallest absolute Gasteiger partial charge is 0.0617 e. The van der Waals surface area contributed by atoms with Crippen LogP contribution in [0.15, 0.2) is 6.07 Å². The van der Waals surface area contributed by atoms with Gasteiger partial charge in [-0.15, -0.1) is 0 Å². The van der Waals surface area contributed by atoms with Crippen LogP contribution in [0.2, 0.25) is 0 Å². The first-order valence-electron chi connectivity index (χ1n) is 7.30. The lowest BCUT2D eigenvalue weighted by atomic mass is 9.89. The average Bonchev–Trinajstić information content (AvgIpc) is 3.01. The molecule has 0 saturated carbocycles. The summed E-state index contributed by atoms with van der Waals surface area (Å²) in [6.07, 6.45) is 3.39. The Bertz CT molecular complexity index is 404. The Morgan fingerprint density at radius 1 is 1.58 bits per heavy atom. The summed E-state index contributed by atoms with van der Waals surface area (Å²) < 4.78 is 7.84. The number of hydrazine groups is 1. The number of nitrogens with one attached hydrogen (secondary N) is 1. The zero-order valence-corrected chi connectivity index (χ0v) is 12.2. The molecule has 2 rings (SSSR count). The molecule has 0 amide bonds. The molecule has 108 valence electrons. The minimum absolute atomic E-state index is 0.258. The Labute approximate surface area is 115 Å². The molecule has 1 fully saturated rings. The maximum absolute atomic E-state index is 5.78. The van der Waals surface area contributed by atoms with Crippen LogP contribution < -0.4 is 11.3 Å². The number of aryl methyl sites for hydroxylation is 2. The fourth-order valence-electron chi connectivity index (χ4n) is 3.14. The van der Waals surface area contributed by atoms with Crippen molar-refractivity contribution in [3.8, 4) is 0 Å². The molecule has 1 aliphatic rings. The van der Waals surface area contributed by atoms with E-state index in [9.17, 15) is 0 Å². The van der Waals surface area contributed by atoms with Crippen LogP contribution in [0, 0.1) is 12.8 Å². The van der Waals surface area contributed by atoms with Crippen LogP contribution in [0.3, 0.4) is 0 Å². The number of rotatable bonds is 6. The average molecular weight is 266 g/mol. The van der Waals surface area contributed by atoms with Crippen molar-refractivity contribution in [3.63, 3.8) is 0 Å². The van der Waals surface area contributed by atoms with Gasteiger partial charge in [-0.05, 0) is 32.8 Å². The van der Waals surface area contributed by atoms with Crippen LogP contribution in [0.4, 0.5) is 0 Å². The monoisotopic (exact) mass is 266 g/mol. The quantitative estimate of drug-likeness (QED) is 0.603. The van der Waals surface area contributed by atoms with E-state index in [1.807, 2.05) is 6.92 Å². The van der Waals surface area contributed by atoms with Crippen LogP contribution in [-0.4, -0.2) is 28.5 Å². The molecule has 0 spiro atoms. The molecule has 0 radical (unpaired) electrons. The molecule has 0 aromatic carbocycles. The Hall–Kier alpha value is -0.910. The highest BCUT2D eigenvalue weighted by atomic mass is 16.5. The number of hydrogen-bond donors (Lipinski definition) is 2. The Morgan fingerprint density at radius 3 is 3.00 bits per heavy atom. The summed E-state index contributed by atoms with van der Waals surface area (Å²) in [5.41, 5.74) is 5.32. The van der Waals surface area contributed by atoms with E-state index in [2.05, 4.69) is 35.1 Å². The van der Waals surface area contributed by atoms with E-state index >= 15 is 0 Å². The molecule has 3 unspecified atom stereocenters. The third-order valence-electron chi connectivity index (χ3n) is 4.11. The second-order valence-electron chi connectivity index (χ2n) is 5.34. The van der Waals surface area contributed by atoms with Gasteiger partial charge >= 0.3 is 0 Å². The van der Waals surface area contributed by atoms with Crippen molar-refractivity contribution in [1.29, 1.82) is 0 Å². The highest BCUT2D eigenvalue weighted by Gasteiger charge is 2.33. The number of ether oxygens (including phenoxy) is 1. The molecule has 2 heterocycles. The first kappa shape index (κ1) is 14.5.